The summed E-state index contributed by atoms with van der Waals surface area (Å²) in [5.74, 6) is 0.316. The Morgan fingerprint density at radius 3 is 2.73 bits per heavy atom. The number of hydrogen-bond acceptors (Lipinski definition) is 5. The molecule has 2 aromatic rings. The van der Waals surface area contributed by atoms with Crippen LogP contribution in [0.3, 0.4) is 0 Å². The highest BCUT2D eigenvalue weighted by Crippen LogP contribution is 2.24. The molecule has 0 N–H and O–H groups in total. The molecule has 22 heavy (non-hydrogen) atoms. The van der Waals surface area contributed by atoms with Gasteiger partial charge in [-0.25, -0.2) is 27.1 Å². The molecule has 0 spiro atoms. The summed E-state index contributed by atoms with van der Waals surface area (Å²) in [4.78, 5) is 10.4. The van der Waals surface area contributed by atoms with Crippen molar-refractivity contribution in [1.29, 1.82) is 0 Å². The van der Waals surface area contributed by atoms with E-state index in [1.54, 1.807) is 6.07 Å². The zero-order valence-corrected chi connectivity index (χ0v) is 13.1. The second-order valence-corrected chi connectivity index (χ2v) is 7.34. The molecule has 0 aliphatic carbocycles. The van der Waals surface area contributed by atoms with Gasteiger partial charge in [-0.2, -0.15) is 0 Å². The Bertz CT molecular complexity index is 797. The van der Waals surface area contributed by atoms with E-state index in [4.69, 9.17) is 0 Å². The first-order chi connectivity index (χ1) is 10.4. The summed E-state index contributed by atoms with van der Waals surface area (Å²) in [7, 11) is -3.19. The molecule has 0 atom stereocenters. The number of halogens is 1. The van der Waals surface area contributed by atoms with Gasteiger partial charge in [0, 0.05) is 31.6 Å². The smallest absolute Gasteiger partial charge is 0.211 e. The zero-order chi connectivity index (χ0) is 15.7. The number of sulfonamides is 1. The predicted octanol–water partition coefficient (Wildman–Crippen LogP) is 1.24. The van der Waals surface area contributed by atoms with Crippen LogP contribution in [0.25, 0.3) is 10.9 Å². The van der Waals surface area contributed by atoms with Gasteiger partial charge in [-0.15, -0.1) is 0 Å². The molecule has 3 rings (SSSR count). The van der Waals surface area contributed by atoms with Crippen molar-refractivity contribution in [2.75, 3.05) is 37.3 Å². The zero-order valence-electron chi connectivity index (χ0n) is 12.2. The summed E-state index contributed by atoms with van der Waals surface area (Å²) < 4.78 is 38.3. The van der Waals surface area contributed by atoms with Crippen molar-refractivity contribution in [3.63, 3.8) is 0 Å². The Hall–Kier alpha value is -1.80. The first kappa shape index (κ1) is 15.1. The minimum Gasteiger partial charge on any atom is -0.355 e. The van der Waals surface area contributed by atoms with E-state index >= 15 is 0 Å². The summed E-state index contributed by atoms with van der Waals surface area (Å²) in [5, 5.41) is 0.648. The Kier molecular flexibility index (Phi) is 3.96. The number of aromatic nitrogens is 2. The van der Waals surface area contributed by atoms with Gasteiger partial charge < -0.3 is 4.90 Å². The first-order valence-corrected chi connectivity index (χ1v) is 8.90. The predicted molar refractivity (Wildman–Crippen MR) is 82.7 cm³/mol. The van der Waals surface area contributed by atoms with Crippen molar-refractivity contribution < 1.29 is 12.8 Å². The van der Waals surface area contributed by atoms with Gasteiger partial charge in [0.2, 0.25) is 10.0 Å². The highest BCUT2D eigenvalue weighted by Gasteiger charge is 2.23. The maximum atomic E-state index is 13.5. The van der Waals surface area contributed by atoms with Crippen LogP contribution < -0.4 is 4.90 Å². The second-order valence-electron chi connectivity index (χ2n) is 5.36. The maximum Gasteiger partial charge on any atom is 0.211 e. The van der Waals surface area contributed by atoms with Crippen molar-refractivity contribution in [2.24, 2.45) is 0 Å². The molecule has 0 amide bonds. The van der Waals surface area contributed by atoms with Gasteiger partial charge in [0.1, 0.15) is 18.0 Å². The fraction of sp³-hybridized carbons (Fsp3) is 0.429. The third-order valence-corrected chi connectivity index (χ3v) is 5.10. The van der Waals surface area contributed by atoms with Crippen LogP contribution in [-0.2, 0) is 10.0 Å². The lowest BCUT2D eigenvalue weighted by Gasteiger charge is -2.23. The molecule has 0 bridgehead atoms. The molecule has 1 aromatic heterocycles. The molecule has 8 heteroatoms. The van der Waals surface area contributed by atoms with Gasteiger partial charge in [-0.3, -0.25) is 0 Å². The van der Waals surface area contributed by atoms with Gasteiger partial charge >= 0.3 is 0 Å². The lowest BCUT2D eigenvalue weighted by molar-refractivity contribution is 0.437. The summed E-state index contributed by atoms with van der Waals surface area (Å²) in [6.45, 7) is 2.09. The molecule has 118 valence electrons. The third-order valence-electron chi connectivity index (χ3n) is 3.80. The van der Waals surface area contributed by atoms with E-state index in [1.165, 1.54) is 29.0 Å². The van der Waals surface area contributed by atoms with Crippen LogP contribution >= 0.6 is 0 Å². The Morgan fingerprint density at radius 1 is 1.14 bits per heavy atom. The maximum absolute atomic E-state index is 13.5. The molecule has 1 aliphatic rings. The summed E-state index contributed by atoms with van der Waals surface area (Å²) in [6.07, 6.45) is 3.38. The molecule has 2 heterocycles. The molecule has 6 nitrogen and oxygen atoms in total. The highest BCUT2D eigenvalue weighted by molar-refractivity contribution is 7.88. The number of anilines is 1. The van der Waals surface area contributed by atoms with Crippen LogP contribution in [0.15, 0.2) is 24.5 Å². The van der Waals surface area contributed by atoms with Crippen molar-refractivity contribution >= 4 is 26.7 Å². The minimum absolute atomic E-state index is 0.337. The SMILES string of the molecule is CS(=O)(=O)N1CCCN(c2ncnc3ccc(F)cc23)CC1. The van der Waals surface area contributed by atoms with Gasteiger partial charge in [0.15, 0.2) is 0 Å². The van der Waals surface area contributed by atoms with Crippen LogP contribution in [0.2, 0.25) is 0 Å². The van der Waals surface area contributed by atoms with E-state index in [9.17, 15) is 12.8 Å². The van der Waals surface area contributed by atoms with E-state index in [-0.39, 0.29) is 5.82 Å². The summed E-state index contributed by atoms with van der Waals surface area (Å²) in [5.41, 5.74) is 0.676. The monoisotopic (exact) mass is 324 g/mol. The van der Waals surface area contributed by atoms with Gasteiger partial charge in [-0.05, 0) is 24.6 Å². The molecule has 1 aliphatic heterocycles. The van der Waals surface area contributed by atoms with E-state index in [0.29, 0.717) is 49.3 Å². The van der Waals surface area contributed by atoms with Gasteiger partial charge in [0.25, 0.3) is 0 Å². The van der Waals surface area contributed by atoms with Crippen LogP contribution in [0.5, 0.6) is 0 Å². The fourth-order valence-electron chi connectivity index (χ4n) is 2.70. The Labute approximate surface area is 128 Å². The molecular formula is C14H17FN4O2S. The lowest BCUT2D eigenvalue weighted by Crippen LogP contribution is -2.34. The largest absolute Gasteiger partial charge is 0.355 e. The lowest BCUT2D eigenvalue weighted by atomic mass is 10.2. The van der Waals surface area contributed by atoms with Crippen LogP contribution in [-0.4, -0.2) is 55.1 Å². The Morgan fingerprint density at radius 2 is 1.95 bits per heavy atom. The molecule has 0 radical (unpaired) electrons. The van der Waals surface area contributed by atoms with E-state index < -0.39 is 10.0 Å². The third kappa shape index (κ3) is 3.02. The molecule has 0 saturated carbocycles. The number of rotatable bonds is 2. The minimum atomic E-state index is -3.19. The second kappa shape index (κ2) is 5.77. The van der Waals surface area contributed by atoms with E-state index in [0.717, 1.165) is 0 Å². The number of hydrogen-bond donors (Lipinski definition) is 0. The van der Waals surface area contributed by atoms with Crippen molar-refractivity contribution in [2.45, 2.75) is 6.42 Å². The number of nitrogens with zero attached hydrogens (tertiary/aromatic N) is 4. The van der Waals surface area contributed by atoms with Crippen LogP contribution in [0.4, 0.5) is 10.2 Å². The topological polar surface area (TPSA) is 66.4 Å². The van der Waals surface area contributed by atoms with Crippen LogP contribution in [0.1, 0.15) is 6.42 Å². The van der Waals surface area contributed by atoms with E-state index in [2.05, 4.69) is 9.97 Å². The molecule has 0 unspecified atom stereocenters. The highest BCUT2D eigenvalue weighted by atomic mass is 32.2. The van der Waals surface area contributed by atoms with Crippen LogP contribution in [0, 0.1) is 5.82 Å². The fourth-order valence-corrected chi connectivity index (χ4v) is 3.58. The summed E-state index contributed by atoms with van der Waals surface area (Å²) >= 11 is 0. The summed E-state index contributed by atoms with van der Waals surface area (Å²) in [6, 6.07) is 4.41. The van der Waals surface area contributed by atoms with Crippen molar-refractivity contribution in [3.8, 4) is 0 Å². The molecule has 1 saturated heterocycles. The number of fused-ring (bicyclic) bond motifs is 1. The van der Waals surface area contributed by atoms with Crippen molar-refractivity contribution in [1.82, 2.24) is 14.3 Å². The first-order valence-electron chi connectivity index (χ1n) is 7.05. The quantitative estimate of drug-likeness (QED) is 0.831. The molecule has 1 fully saturated rings. The Balaban J connectivity index is 1.93. The van der Waals surface area contributed by atoms with Gasteiger partial charge in [-0.1, -0.05) is 0 Å². The van der Waals surface area contributed by atoms with Crippen molar-refractivity contribution in [3.05, 3.63) is 30.3 Å². The van der Waals surface area contributed by atoms with Gasteiger partial charge in [0.05, 0.1) is 11.8 Å². The average Bonchev–Trinajstić information content (AvgIpc) is 2.72. The average molecular weight is 324 g/mol. The normalized spacial score (nSPS) is 17.6. The van der Waals surface area contributed by atoms with E-state index in [1.807, 2.05) is 4.90 Å². The standard InChI is InChI=1S/C14H17FN4O2S/c1-22(20,21)19-6-2-5-18(7-8-19)14-12-9-11(15)3-4-13(12)16-10-17-14/h3-4,9-10H,2,5-8H2,1H3. The molecule has 1 aromatic carbocycles. The molecular weight excluding hydrogens is 307 g/mol. The number of benzene rings is 1.